The summed E-state index contributed by atoms with van der Waals surface area (Å²) in [5.74, 6) is -0.958. The van der Waals surface area contributed by atoms with E-state index in [2.05, 4.69) is 20.5 Å². The maximum absolute atomic E-state index is 12.4. The summed E-state index contributed by atoms with van der Waals surface area (Å²) in [6, 6.07) is 24.7. The van der Waals surface area contributed by atoms with Crippen molar-refractivity contribution in [3.05, 3.63) is 106 Å². The molecule has 0 radical (unpaired) electrons. The van der Waals surface area contributed by atoms with Crippen LogP contribution in [0.15, 0.2) is 88.8 Å². The second-order valence-corrected chi connectivity index (χ2v) is 6.92. The predicted molar refractivity (Wildman–Crippen MR) is 125 cm³/mol. The average Bonchev–Trinajstić information content (AvgIpc) is 2.84. The van der Waals surface area contributed by atoms with E-state index >= 15 is 0 Å². The number of aromatic nitrogens is 2. The van der Waals surface area contributed by atoms with Crippen molar-refractivity contribution in [2.24, 2.45) is 5.10 Å². The third-order valence-electron chi connectivity index (χ3n) is 4.86. The smallest absolute Gasteiger partial charge is 0.336 e. The fourth-order valence-corrected chi connectivity index (χ4v) is 3.36. The van der Waals surface area contributed by atoms with Gasteiger partial charge in [-0.05, 0) is 17.2 Å². The molecule has 0 saturated carbocycles. The number of carboxylic acids is 1. The molecule has 0 aliphatic rings. The molecule has 1 heterocycles. The summed E-state index contributed by atoms with van der Waals surface area (Å²) in [5, 5.41) is 23.1. The molecule has 1 aromatic heterocycles. The fraction of sp³-hybridized carbons (Fsp3) is 0. The summed E-state index contributed by atoms with van der Waals surface area (Å²) in [7, 11) is 0. The van der Waals surface area contributed by atoms with Crippen molar-refractivity contribution in [2.45, 2.75) is 0 Å². The Kier molecular flexibility index (Phi) is 6.05. The number of nitrogens with zero attached hydrogens (tertiary/aromatic N) is 3. The molecule has 0 aliphatic carbocycles. The molecule has 0 atom stereocenters. The lowest BCUT2D eigenvalue weighted by atomic mass is 9.96. The van der Waals surface area contributed by atoms with E-state index in [4.69, 9.17) is 0 Å². The van der Waals surface area contributed by atoms with Gasteiger partial charge in [0.2, 0.25) is 5.95 Å². The van der Waals surface area contributed by atoms with Crippen molar-refractivity contribution in [2.75, 3.05) is 5.43 Å². The van der Waals surface area contributed by atoms with E-state index in [1.165, 1.54) is 6.21 Å². The van der Waals surface area contributed by atoms with E-state index in [0.717, 1.165) is 0 Å². The minimum Gasteiger partial charge on any atom is -0.478 e. The van der Waals surface area contributed by atoms with Crippen LogP contribution >= 0.6 is 0 Å². The van der Waals surface area contributed by atoms with Gasteiger partial charge in [-0.2, -0.15) is 10.4 Å². The Labute approximate surface area is 188 Å². The van der Waals surface area contributed by atoms with E-state index in [1.54, 1.807) is 60.7 Å². The molecule has 3 aromatic carbocycles. The van der Waals surface area contributed by atoms with Gasteiger partial charge in [-0.3, -0.25) is 9.78 Å². The van der Waals surface area contributed by atoms with Gasteiger partial charge < -0.3 is 5.11 Å². The molecule has 33 heavy (non-hydrogen) atoms. The van der Waals surface area contributed by atoms with Gasteiger partial charge in [0.1, 0.15) is 11.6 Å². The first-order chi connectivity index (χ1) is 16.1. The summed E-state index contributed by atoms with van der Waals surface area (Å²) in [5.41, 5.74) is 4.98. The Morgan fingerprint density at radius 2 is 1.67 bits per heavy atom. The predicted octanol–water partition coefficient (Wildman–Crippen LogP) is 4.12. The van der Waals surface area contributed by atoms with E-state index in [-0.39, 0.29) is 22.8 Å². The number of hydrogen-bond donors (Lipinski definition) is 3. The number of H-pyrrole nitrogens is 1. The topological polar surface area (TPSA) is 131 Å². The third kappa shape index (κ3) is 4.52. The lowest BCUT2D eigenvalue weighted by Crippen LogP contribution is -2.16. The first-order valence-corrected chi connectivity index (χ1v) is 9.89. The molecule has 8 nitrogen and oxygen atoms in total. The van der Waals surface area contributed by atoms with Crippen molar-refractivity contribution >= 4 is 18.1 Å². The van der Waals surface area contributed by atoms with Crippen LogP contribution in [-0.4, -0.2) is 27.3 Å². The Morgan fingerprint density at radius 3 is 2.39 bits per heavy atom. The quantitative estimate of drug-likeness (QED) is 0.308. The number of rotatable bonds is 6. The van der Waals surface area contributed by atoms with E-state index in [9.17, 15) is 20.0 Å². The van der Waals surface area contributed by atoms with Gasteiger partial charge in [0, 0.05) is 11.1 Å². The van der Waals surface area contributed by atoms with Crippen LogP contribution in [0.4, 0.5) is 5.95 Å². The van der Waals surface area contributed by atoms with Gasteiger partial charge >= 0.3 is 5.97 Å². The molecule has 4 aromatic rings. The SMILES string of the molecule is N#Cc1c(-c2ccccc2)nc(NN=Cc2ccccc2-c2ccccc2C(=O)O)[nH]c1=O. The number of carbonyl (C=O) groups is 1. The summed E-state index contributed by atoms with van der Waals surface area (Å²) >= 11 is 0. The average molecular weight is 435 g/mol. The fourth-order valence-electron chi connectivity index (χ4n) is 3.36. The molecule has 0 saturated heterocycles. The van der Waals surface area contributed by atoms with E-state index < -0.39 is 11.5 Å². The number of hydrazone groups is 1. The van der Waals surface area contributed by atoms with Crippen LogP contribution in [-0.2, 0) is 0 Å². The van der Waals surface area contributed by atoms with E-state index in [1.807, 2.05) is 24.3 Å². The molecular formula is C25H17N5O3. The first-order valence-electron chi connectivity index (χ1n) is 9.89. The number of nitriles is 1. The summed E-state index contributed by atoms with van der Waals surface area (Å²) in [6.07, 6.45) is 1.51. The van der Waals surface area contributed by atoms with Crippen LogP contribution in [0.1, 0.15) is 21.5 Å². The lowest BCUT2D eigenvalue weighted by Gasteiger charge is -2.09. The maximum atomic E-state index is 12.4. The minimum atomic E-state index is -1.02. The standard InChI is InChI=1S/C25H17N5O3/c26-14-21-22(16-8-2-1-3-9-16)28-25(29-23(21)31)30-27-15-17-10-4-5-11-18(17)19-12-6-7-13-20(19)24(32)33/h1-13,15H,(H,32,33)(H2,28,29,30,31). The Balaban J connectivity index is 1.67. The highest BCUT2D eigenvalue weighted by Gasteiger charge is 2.14. The number of aromatic carboxylic acids is 1. The molecule has 0 amide bonds. The molecule has 0 aliphatic heterocycles. The van der Waals surface area contributed by atoms with Crippen LogP contribution < -0.4 is 11.0 Å². The van der Waals surface area contributed by atoms with Crippen LogP contribution in [0.5, 0.6) is 0 Å². The van der Waals surface area contributed by atoms with Crippen molar-refractivity contribution in [3.63, 3.8) is 0 Å². The highest BCUT2D eigenvalue weighted by Crippen LogP contribution is 2.26. The Bertz CT molecular complexity index is 1450. The van der Waals surface area contributed by atoms with Crippen LogP contribution in [0.2, 0.25) is 0 Å². The lowest BCUT2D eigenvalue weighted by molar-refractivity contribution is 0.0697. The van der Waals surface area contributed by atoms with E-state index in [0.29, 0.717) is 22.3 Å². The number of benzene rings is 3. The molecule has 0 bridgehead atoms. The highest BCUT2D eigenvalue weighted by molar-refractivity contribution is 6.00. The van der Waals surface area contributed by atoms with Gasteiger partial charge in [-0.1, -0.05) is 72.8 Å². The second-order valence-electron chi connectivity index (χ2n) is 6.92. The summed E-state index contributed by atoms with van der Waals surface area (Å²) in [6.45, 7) is 0. The van der Waals surface area contributed by atoms with Gasteiger partial charge in [0.15, 0.2) is 0 Å². The second kappa shape index (κ2) is 9.41. The molecule has 0 fully saturated rings. The molecule has 160 valence electrons. The monoisotopic (exact) mass is 435 g/mol. The number of aromatic amines is 1. The molecule has 4 rings (SSSR count). The zero-order chi connectivity index (χ0) is 23.2. The third-order valence-corrected chi connectivity index (χ3v) is 4.86. The largest absolute Gasteiger partial charge is 0.478 e. The molecular weight excluding hydrogens is 418 g/mol. The van der Waals surface area contributed by atoms with Crippen LogP contribution in [0.25, 0.3) is 22.4 Å². The van der Waals surface area contributed by atoms with Crippen molar-refractivity contribution in [1.29, 1.82) is 5.26 Å². The minimum absolute atomic E-state index is 0.0671. The maximum Gasteiger partial charge on any atom is 0.336 e. The van der Waals surface area contributed by atoms with Crippen molar-refractivity contribution in [3.8, 4) is 28.5 Å². The Hall–Kier alpha value is -5.03. The van der Waals surface area contributed by atoms with Crippen LogP contribution in [0.3, 0.4) is 0 Å². The highest BCUT2D eigenvalue weighted by atomic mass is 16.4. The molecule has 8 heteroatoms. The summed E-state index contributed by atoms with van der Waals surface area (Å²) in [4.78, 5) is 30.8. The number of nitrogens with one attached hydrogen (secondary N) is 2. The Morgan fingerprint density at radius 1 is 1.00 bits per heavy atom. The number of anilines is 1. The summed E-state index contributed by atoms with van der Waals surface area (Å²) < 4.78 is 0. The van der Waals surface area contributed by atoms with Gasteiger partial charge in [-0.15, -0.1) is 0 Å². The number of carboxylic acid groups (broad SMARTS) is 1. The molecule has 3 N–H and O–H groups in total. The van der Waals surface area contributed by atoms with Gasteiger partial charge in [0.25, 0.3) is 5.56 Å². The normalized spacial score (nSPS) is 10.6. The van der Waals surface area contributed by atoms with Crippen molar-refractivity contribution in [1.82, 2.24) is 9.97 Å². The van der Waals surface area contributed by atoms with Gasteiger partial charge in [-0.25, -0.2) is 15.2 Å². The molecule has 0 unspecified atom stereocenters. The van der Waals surface area contributed by atoms with Crippen molar-refractivity contribution < 1.29 is 9.90 Å². The zero-order valence-electron chi connectivity index (χ0n) is 17.2. The zero-order valence-corrected chi connectivity index (χ0v) is 17.2. The molecule has 0 spiro atoms. The number of hydrogen-bond acceptors (Lipinski definition) is 6. The van der Waals surface area contributed by atoms with Crippen LogP contribution in [0, 0.1) is 11.3 Å². The first kappa shape index (κ1) is 21.2. The van der Waals surface area contributed by atoms with Gasteiger partial charge in [0.05, 0.1) is 17.5 Å².